The van der Waals surface area contributed by atoms with Crippen LogP contribution in [0.15, 0.2) is 60.9 Å². The molecule has 0 aliphatic carbocycles. The number of rotatable bonds is 5. The number of hydrogen-bond donors (Lipinski definition) is 1. The summed E-state index contributed by atoms with van der Waals surface area (Å²) in [6, 6.07) is 13.4. The van der Waals surface area contributed by atoms with E-state index in [1.54, 1.807) is 36.7 Å². The molecule has 6 heteroatoms. The van der Waals surface area contributed by atoms with Crippen LogP contribution in [-0.2, 0) is 0 Å². The van der Waals surface area contributed by atoms with Crippen LogP contribution in [0.3, 0.4) is 0 Å². The van der Waals surface area contributed by atoms with E-state index in [0.29, 0.717) is 5.56 Å². The molecule has 1 aliphatic rings. The Bertz CT molecular complexity index is 998. The molecule has 0 unspecified atom stereocenters. The lowest BCUT2D eigenvalue weighted by Crippen LogP contribution is -2.30. The number of carbonyl (C=O) groups is 1. The third-order valence-electron chi connectivity index (χ3n) is 5.47. The molecule has 2 heterocycles. The van der Waals surface area contributed by atoms with Crippen molar-refractivity contribution in [3.63, 3.8) is 0 Å². The highest BCUT2D eigenvalue weighted by molar-refractivity contribution is 5.95. The highest BCUT2D eigenvalue weighted by atomic mass is 19.1. The van der Waals surface area contributed by atoms with Crippen molar-refractivity contribution in [1.82, 2.24) is 15.3 Å². The summed E-state index contributed by atoms with van der Waals surface area (Å²) >= 11 is 0. The SMILES string of the molecule is C[C@@H](NC(=O)c1ccc(-c2nccnc2N2CCCCC2)cc1)c1ccc(F)cc1. The fraction of sp³-hybridized carbons (Fsp3) is 0.292. The molecule has 1 aromatic heterocycles. The predicted molar refractivity (Wildman–Crippen MR) is 116 cm³/mol. The van der Waals surface area contributed by atoms with Gasteiger partial charge in [-0.1, -0.05) is 24.3 Å². The van der Waals surface area contributed by atoms with Gasteiger partial charge in [0.25, 0.3) is 5.91 Å². The fourth-order valence-corrected chi connectivity index (χ4v) is 3.77. The molecule has 0 bridgehead atoms. The van der Waals surface area contributed by atoms with E-state index in [1.165, 1.54) is 31.4 Å². The van der Waals surface area contributed by atoms with Gasteiger partial charge in [-0.25, -0.2) is 9.37 Å². The van der Waals surface area contributed by atoms with Gasteiger partial charge in [0.1, 0.15) is 11.5 Å². The van der Waals surface area contributed by atoms with Gasteiger partial charge < -0.3 is 10.2 Å². The van der Waals surface area contributed by atoms with Crippen LogP contribution in [0.4, 0.5) is 10.2 Å². The Morgan fingerprint density at radius 3 is 2.33 bits per heavy atom. The molecule has 0 spiro atoms. The van der Waals surface area contributed by atoms with Crippen LogP contribution in [0.1, 0.15) is 48.1 Å². The first-order valence-electron chi connectivity index (χ1n) is 10.3. The minimum absolute atomic E-state index is 0.172. The zero-order chi connectivity index (χ0) is 20.9. The van der Waals surface area contributed by atoms with E-state index in [4.69, 9.17) is 0 Å². The molecule has 1 N–H and O–H groups in total. The average Bonchev–Trinajstić information content (AvgIpc) is 2.80. The minimum Gasteiger partial charge on any atom is -0.355 e. The van der Waals surface area contributed by atoms with E-state index < -0.39 is 0 Å². The van der Waals surface area contributed by atoms with Crippen LogP contribution in [-0.4, -0.2) is 29.0 Å². The molecule has 1 amide bonds. The largest absolute Gasteiger partial charge is 0.355 e. The van der Waals surface area contributed by atoms with Gasteiger partial charge in [0.15, 0.2) is 5.82 Å². The lowest BCUT2D eigenvalue weighted by molar-refractivity contribution is 0.0940. The van der Waals surface area contributed by atoms with Crippen molar-refractivity contribution < 1.29 is 9.18 Å². The summed E-state index contributed by atoms with van der Waals surface area (Å²) in [5, 5.41) is 2.96. The maximum atomic E-state index is 13.1. The van der Waals surface area contributed by atoms with Gasteiger partial charge in [-0.3, -0.25) is 9.78 Å². The van der Waals surface area contributed by atoms with Crippen LogP contribution >= 0.6 is 0 Å². The Kier molecular flexibility index (Phi) is 6.02. The predicted octanol–water partition coefficient (Wildman–Crippen LogP) is 4.76. The normalized spacial score (nSPS) is 14.9. The Morgan fingerprint density at radius 1 is 0.967 bits per heavy atom. The summed E-state index contributed by atoms with van der Waals surface area (Å²) in [7, 11) is 0. The van der Waals surface area contributed by atoms with Gasteiger partial charge in [-0.05, 0) is 56.0 Å². The Morgan fingerprint density at radius 2 is 1.63 bits per heavy atom. The Hall–Kier alpha value is -3.28. The molecule has 5 nitrogen and oxygen atoms in total. The van der Waals surface area contributed by atoms with Crippen molar-refractivity contribution in [2.45, 2.75) is 32.2 Å². The molecule has 1 saturated heterocycles. The summed E-state index contributed by atoms with van der Waals surface area (Å²) < 4.78 is 13.1. The van der Waals surface area contributed by atoms with Crippen molar-refractivity contribution in [3.8, 4) is 11.3 Å². The smallest absolute Gasteiger partial charge is 0.251 e. The third kappa shape index (κ3) is 4.48. The zero-order valence-corrected chi connectivity index (χ0v) is 17.0. The maximum absolute atomic E-state index is 13.1. The van der Waals surface area contributed by atoms with E-state index in [0.717, 1.165) is 35.7 Å². The molecule has 2 aromatic carbocycles. The molecule has 0 saturated carbocycles. The van der Waals surface area contributed by atoms with Crippen LogP contribution in [0.2, 0.25) is 0 Å². The van der Waals surface area contributed by atoms with Gasteiger partial charge in [0.2, 0.25) is 0 Å². The van der Waals surface area contributed by atoms with Gasteiger partial charge >= 0.3 is 0 Å². The van der Waals surface area contributed by atoms with Crippen LogP contribution in [0.5, 0.6) is 0 Å². The van der Waals surface area contributed by atoms with E-state index >= 15 is 0 Å². The van der Waals surface area contributed by atoms with Crippen molar-refractivity contribution in [2.24, 2.45) is 0 Å². The summed E-state index contributed by atoms with van der Waals surface area (Å²) in [6.45, 7) is 3.87. The maximum Gasteiger partial charge on any atom is 0.251 e. The number of aromatic nitrogens is 2. The molecular formula is C24H25FN4O. The second-order valence-corrected chi connectivity index (χ2v) is 7.60. The number of benzene rings is 2. The lowest BCUT2D eigenvalue weighted by atomic mass is 10.1. The van der Waals surface area contributed by atoms with Crippen molar-refractivity contribution >= 4 is 11.7 Å². The van der Waals surface area contributed by atoms with Crippen LogP contribution in [0.25, 0.3) is 11.3 Å². The standard InChI is InChI=1S/C24H25FN4O/c1-17(18-9-11-21(25)12-10-18)28-24(30)20-7-5-19(6-8-20)22-23(27-14-13-26-22)29-15-3-2-4-16-29/h5-14,17H,2-4,15-16H2,1H3,(H,28,30)/t17-/m1/s1. The Labute approximate surface area is 176 Å². The van der Waals surface area contributed by atoms with Gasteiger partial charge in [-0.2, -0.15) is 0 Å². The van der Waals surface area contributed by atoms with E-state index in [1.807, 2.05) is 19.1 Å². The number of amides is 1. The first kappa shape index (κ1) is 20.0. The number of halogens is 1. The number of anilines is 1. The van der Waals surface area contributed by atoms with Gasteiger partial charge in [0, 0.05) is 36.6 Å². The van der Waals surface area contributed by atoms with E-state index in [-0.39, 0.29) is 17.8 Å². The summed E-state index contributed by atoms with van der Waals surface area (Å²) in [4.78, 5) is 24.1. The molecule has 30 heavy (non-hydrogen) atoms. The highest BCUT2D eigenvalue weighted by Crippen LogP contribution is 2.28. The Balaban J connectivity index is 1.49. The first-order valence-corrected chi connectivity index (χ1v) is 10.3. The van der Waals surface area contributed by atoms with Crippen molar-refractivity contribution in [3.05, 3.63) is 77.9 Å². The summed E-state index contributed by atoms with van der Waals surface area (Å²) in [6.07, 6.45) is 7.02. The van der Waals surface area contributed by atoms with Gasteiger partial charge in [0.05, 0.1) is 6.04 Å². The van der Waals surface area contributed by atoms with Crippen LogP contribution in [0, 0.1) is 5.82 Å². The average molecular weight is 404 g/mol. The second-order valence-electron chi connectivity index (χ2n) is 7.60. The molecule has 3 aromatic rings. The quantitative estimate of drug-likeness (QED) is 0.666. The molecule has 1 atom stereocenters. The second kappa shape index (κ2) is 9.03. The fourth-order valence-electron chi connectivity index (χ4n) is 3.77. The third-order valence-corrected chi connectivity index (χ3v) is 5.47. The number of piperidine rings is 1. The van der Waals surface area contributed by atoms with E-state index in [2.05, 4.69) is 20.2 Å². The monoisotopic (exact) mass is 404 g/mol. The van der Waals surface area contributed by atoms with Crippen LogP contribution < -0.4 is 10.2 Å². The minimum atomic E-state index is -0.291. The van der Waals surface area contributed by atoms with Crippen molar-refractivity contribution in [1.29, 1.82) is 0 Å². The first-order chi connectivity index (χ1) is 14.6. The van der Waals surface area contributed by atoms with Crippen molar-refractivity contribution in [2.75, 3.05) is 18.0 Å². The zero-order valence-electron chi connectivity index (χ0n) is 17.0. The molecule has 4 rings (SSSR count). The molecule has 0 radical (unpaired) electrons. The molecule has 154 valence electrons. The van der Waals surface area contributed by atoms with Gasteiger partial charge in [-0.15, -0.1) is 0 Å². The number of nitrogens with one attached hydrogen (secondary N) is 1. The summed E-state index contributed by atoms with van der Waals surface area (Å²) in [5.41, 5.74) is 3.20. The molecular weight excluding hydrogens is 379 g/mol. The number of carbonyl (C=O) groups excluding carboxylic acids is 1. The highest BCUT2D eigenvalue weighted by Gasteiger charge is 2.18. The molecule has 1 fully saturated rings. The van der Waals surface area contributed by atoms with E-state index in [9.17, 15) is 9.18 Å². The molecule has 1 aliphatic heterocycles. The number of nitrogens with zero attached hydrogens (tertiary/aromatic N) is 3. The number of hydrogen-bond acceptors (Lipinski definition) is 4. The lowest BCUT2D eigenvalue weighted by Gasteiger charge is -2.28. The topological polar surface area (TPSA) is 58.1 Å². The summed E-state index contributed by atoms with van der Waals surface area (Å²) in [5.74, 6) is 0.439.